The first-order valence-corrected chi connectivity index (χ1v) is 9.39. The van der Waals surface area contributed by atoms with Gasteiger partial charge in [0.05, 0.1) is 7.11 Å². The highest BCUT2D eigenvalue weighted by Gasteiger charge is 2.22. The zero-order chi connectivity index (χ0) is 17.6. The highest BCUT2D eigenvalue weighted by Crippen LogP contribution is 2.22. The van der Waals surface area contributed by atoms with Gasteiger partial charge in [-0.1, -0.05) is 32.9 Å². The summed E-state index contributed by atoms with van der Waals surface area (Å²) < 4.78 is 5.26. The van der Waals surface area contributed by atoms with E-state index in [-0.39, 0.29) is 0 Å². The Balaban J connectivity index is 1.89. The maximum Gasteiger partial charge on any atom is 0.118 e. The molecule has 0 aromatic heterocycles. The van der Waals surface area contributed by atoms with Crippen LogP contribution in [0.4, 0.5) is 0 Å². The van der Waals surface area contributed by atoms with Crippen LogP contribution in [0.3, 0.4) is 0 Å². The molecule has 1 aliphatic rings. The summed E-state index contributed by atoms with van der Waals surface area (Å²) in [6.45, 7) is 13.1. The van der Waals surface area contributed by atoms with E-state index in [1.165, 1.54) is 44.6 Å². The molecule has 1 saturated heterocycles. The second kappa shape index (κ2) is 8.87. The van der Waals surface area contributed by atoms with E-state index in [9.17, 15) is 0 Å². The monoisotopic (exact) mass is 332 g/mol. The Bertz CT molecular complexity index is 470. The van der Waals surface area contributed by atoms with Crippen molar-refractivity contribution >= 4 is 0 Å². The highest BCUT2D eigenvalue weighted by molar-refractivity contribution is 5.27. The summed E-state index contributed by atoms with van der Waals surface area (Å²) in [7, 11) is 3.97. The van der Waals surface area contributed by atoms with Crippen LogP contribution in [0.1, 0.15) is 39.2 Å². The molecule has 0 spiro atoms. The summed E-state index contributed by atoms with van der Waals surface area (Å²) in [4.78, 5) is 5.15. The molecule has 0 atom stereocenters. The minimum Gasteiger partial charge on any atom is -0.497 e. The van der Waals surface area contributed by atoms with Gasteiger partial charge in [0.15, 0.2) is 0 Å². The predicted octanol–water partition coefficient (Wildman–Crippen LogP) is 3.93. The number of nitrogens with zero attached hydrogens (tertiary/aromatic N) is 2. The zero-order valence-corrected chi connectivity index (χ0v) is 16.3. The van der Waals surface area contributed by atoms with E-state index in [2.05, 4.69) is 61.9 Å². The zero-order valence-electron chi connectivity index (χ0n) is 16.3. The fourth-order valence-corrected chi connectivity index (χ4v) is 3.59. The van der Waals surface area contributed by atoms with Crippen molar-refractivity contribution in [1.82, 2.24) is 9.80 Å². The number of methoxy groups -OCH3 is 1. The summed E-state index contributed by atoms with van der Waals surface area (Å²) in [5, 5.41) is 0. The molecular formula is C21H36N2O. The van der Waals surface area contributed by atoms with Gasteiger partial charge in [-0.15, -0.1) is 0 Å². The smallest absolute Gasteiger partial charge is 0.118 e. The van der Waals surface area contributed by atoms with Crippen molar-refractivity contribution in [3.63, 3.8) is 0 Å². The van der Waals surface area contributed by atoms with Crippen molar-refractivity contribution in [2.24, 2.45) is 11.3 Å². The Hall–Kier alpha value is -1.06. The molecule has 1 aromatic rings. The first-order valence-electron chi connectivity index (χ1n) is 9.39. The third-order valence-corrected chi connectivity index (χ3v) is 4.93. The summed E-state index contributed by atoms with van der Waals surface area (Å²) in [6, 6.07) is 8.54. The Labute approximate surface area is 149 Å². The molecule has 24 heavy (non-hydrogen) atoms. The lowest BCUT2D eigenvalue weighted by molar-refractivity contribution is 0.131. The van der Waals surface area contributed by atoms with Crippen molar-refractivity contribution in [3.05, 3.63) is 29.8 Å². The first-order chi connectivity index (χ1) is 11.4. The Morgan fingerprint density at radius 2 is 1.75 bits per heavy atom. The standard InChI is InChI=1S/C21H36N2O/c1-21(2,3)17-23(16-19-10-13-22(4)14-11-19)15-12-18-6-8-20(24-5)9-7-18/h6-9,19H,10-17H2,1-5H3. The number of piperidine rings is 1. The number of benzene rings is 1. The fourth-order valence-electron chi connectivity index (χ4n) is 3.59. The van der Waals surface area contributed by atoms with Crippen LogP contribution in [0.25, 0.3) is 0 Å². The van der Waals surface area contributed by atoms with E-state index in [4.69, 9.17) is 4.74 Å². The second-order valence-electron chi connectivity index (χ2n) is 8.64. The van der Waals surface area contributed by atoms with Gasteiger partial charge >= 0.3 is 0 Å². The molecule has 0 amide bonds. The van der Waals surface area contributed by atoms with E-state index < -0.39 is 0 Å². The summed E-state index contributed by atoms with van der Waals surface area (Å²) in [6.07, 6.45) is 3.81. The molecule has 0 aliphatic carbocycles. The Morgan fingerprint density at radius 3 is 2.29 bits per heavy atom. The lowest BCUT2D eigenvalue weighted by Crippen LogP contribution is -2.41. The maximum absolute atomic E-state index is 5.26. The molecule has 0 bridgehead atoms. The molecule has 3 nitrogen and oxygen atoms in total. The lowest BCUT2D eigenvalue weighted by atomic mass is 9.92. The fraction of sp³-hybridized carbons (Fsp3) is 0.714. The van der Waals surface area contributed by atoms with Gasteiger partial charge in [-0.3, -0.25) is 0 Å². The van der Waals surface area contributed by atoms with Gasteiger partial charge < -0.3 is 14.5 Å². The summed E-state index contributed by atoms with van der Waals surface area (Å²) in [5.41, 5.74) is 1.75. The van der Waals surface area contributed by atoms with Crippen molar-refractivity contribution in [1.29, 1.82) is 0 Å². The molecule has 1 fully saturated rings. The molecule has 0 N–H and O–H groups in total. The van der Waals surface area contributed by atoms with Crippen LogP contribution >= 0.6 is 0 Å². The average Bonchev–Trinajstić information content (AvgIpc) is 2.54. The average molecular weight is 333 g/mol. The van der Waals surface area contributed by atoms with E-state index in [0.717, 1.165) is 24.6 Å². The van der Waals surface area contributed by atoms with Crippen LogP contribution in [-0.4, -0.2) is 56.7 Å². The molecule has 0 saturated carbocycles. The van der Waals surface area contributed by atoms with Crippen LogP contribution < -0.4 is 4.74 Å². The molecule has 3 heteroatoms. The van der Waals surface area contributed by atoms with Crippen molar-refractivity contribution in [2.45, 2.75) is 40.0 Å². The van der Waals surface area contributed by atoms with E-state index in [1.807, 2.05) is 0 Å². The van der Waals surface area contributed by atoms with E-state index in [1.54, 1.807) is 7.11 Å². The number of likely N-dealkylation sites (tertiary alicyclic amines) is 1. The molecule has 1 aliphatic heterocycles. The Kier molecular flexibility index (Phi) is 7.12. The molecule has 1 heterocycles. The predicted molar refractivity (Wildman–Crippen MR) is 103 cm³/mol. The van der Waals surface area contributed by atoms with Crippen LogP contribution in [0.2, 0.25) is 0 Å². The first kappa shape index (κ1) is 19.3. The minimum atomic E-state index is 0.353. The topological polar surface area (TPSA) is 15.7 Å². The largest absolute Gasteiger partial charge is 0.497 e. The highest BCUT2D eigenvalue weighted by atomic mass is 16.5. The number of ether oxygens (including phenoxy) is 1. The summed E-state index contributed by atoms with van der Waals surface area (Å²) >= 11 is 0. The number of hydrogen-bond donors (Lipinski definition) is 0. The minimum absolute atomic E-state index is 0.353. The van der Waals surface area contributed by atoms with Crippen LogP contribution in [0.15, 0.2) is 24.3 Å². The summed E-state index contributed by atoms with van der Waals surface area (Å²) in [5.74, 6) is 1.80. The molecular weight excluding hydrogens is 296 g/mol. The van der Waals surface area contributed by atoms with E-state index in [0.29, 0.717) is 5.41 Å². The number of rotatable bonds is 7. The van der Waals surface area contributed by atoms with Crippen LogP contribution in [0.5, 0.6) is 5.75 Å². The van der Waals surface area contributed by atoms with Gasteiger partial charge in [0.25, 0.3) is 0 Å². The SMILES string of the molecule is COc1ccc(CCN(CC2CCN(C)CC2)CC(C)(C)C)cc1. The third-order valence-electron chi connectivity index (χ3n) is 4.93. The normalized spacial score (nSPS) is 17.4. The molecule has 0 radical (unpaired) electrons. The molecule has 1 aromatic carbocycles. The van der Waals surface area contributed by atoms with Gasteiger partial charge in [0, 0.05) is 19.6 Å². The lowest BCUT2D eigenvalue weighted by Gasteiger charge is -2.36. The van der Waals surface area contributed by atoms with Crippen molar-refractivity contribution in [2.75, 3.05) is 46.9 Å². The third kappa shape index (κ3) is 6.82. The van der Waals surface area contributed by atoms with Gasteiger partial charge in [0.2, 0.25) is 0 Å². The van der Waals surface area contributed by atoms with Gasteiger partial charge in [0.1, 0.15) is 5.75 Å². The van der Waals surface area contributed by atoms with Crippen molar-refractivity contribution < 1.29 is 4.74 Å². The number of hydrogen-bond acceptors (Lipinski definition) is 3. The molecule has 0 unspecified atom stereocenters. The van der Waals surface area contributed by atoms with Crippen LogP contribution in [0, 0.1) is 11.3 Å². The quantitative estimate of drug-likeness (QED) is 0.752. The van der Waals surface area contributed by atoms with Crippen molar-refractivity contribution in [3.8, 4) is 5.75 Å². The maximum atomic E-state index is 5.26. The van der Waals surface area contributed by atoms with Gasteiger partial charge in [-0.25, -0.2) is 0 Å². The Morgan fingerprint density at radius 1 is 1.12 bits per heavy atom. The van der Waals surface area contributed by atoms with Gasteiger partial charge in [-0.2, -0.15) is 0 Å². The van der Waals surface area contributed by atoms with Gasteiger partial charge in [-0.05, 0) is 68.4 Å². The van der Waals surface area contributed by atoms with E-state index >= 15 is 0 Å². The molecule has 136 valence electrons. The van der Waals surface area contributed by atoms with Crippen LogP contribution in [-0.2, 0) is 6.42 Å². The second-order valence-corrected chi connectivity index (χ2v) is 8.64. The molecule has 2 rings (SSSR count).